The third-order valence-corrected chi connectivity index (χ3v) is 4.82. The molecule has 1 fully saturated rings. The minimum Gasteiger partial charge on any atom is -0.368 e. The maximum atomic E-state index is 9.43. The van der Waals surface area contributed by atoms with Gasteiger partial charge in [0.05, 0.1) is 11.3 Å². The molecule has 0 unspecified atom stereocenters. The Labute approximate surface area is 126 Å². The number of hydrogen-bond acceptors (Lipinski definition) is 4. The first-order valence-corrected chi connectivity index (χ1v) is 8.17. The highest BCUT2D eigenvalue weighted by atomic mass is 32.2. The lowest BCUT2D eigenvalue weighted by Gasteiger charge is -2.39. The monoisotopic (exact) mass is 289 g/mol. The molecule has 1 aromatic carbocycles. The maximum absolute atomic E-state index is 9.43. The van der Waals surface area contributed by atoms with Gasteiger partial charge in [0.2, 0.25) is 0 Å². The molecule has 0 bridgehead atoms. The minimum atomic E-state index is 0.257. The first kappa shape index (κ1) is 15.2. The van der Waals surface area contributed by atoms with Gasteiger partial charge >= 0.3 is 0 Å². The summed E-state index contributed by atoms with van der Waals surface area (Å²) in [4.78, 5) is 2.35. The van der Waals surface area contributed by atoms with E-state index in [-0.39, 0.29) is 4.75 Å². The van der Waals surface area contributed by atoms with E-state index in [0.717, 1.165) is 43.2 Å². The molecule has 108 valence electrons. The molecule has 0 radical (unpaired) electrons. The van der Waals surface area contributed by atoms with Gasteiger partial charge in [-0.25, -0.2) is 0 Å². The van der Waals surface area contributed by atoms with Gasteiger partial charge in [-0.2, -0.15) is 17.0 Å². The van der Waals surface area contributed by atoms with Crippen molar-refractivity contribution in [1.29, 1.82) is 5.26 Å². The number of hydrogen-bond donors (Lipinski definition) is 1. The van der Waals surface area contributed by atoms with Crippen LogP contribution in [-0.2, 0) is 6.54 Å². The van der Waals surface area contributed by atoms with E-state index in [1.807, 2.05) is 17.8 Å². The van der Waals surface area contributed by atoms with Gasteiger partial charge in [-0.05, 0) is 38.1 Å². The number of nitriles is 1. The highest BCUT2D eigenvalue weighted by molar-refractivity contribution is 8.00. The topological polar surface area (TPSA) is 39.1 Å². The Morgan fingerprint density at radius 1 is 1.45 bits per heavy atom. The molecule has 0 saturated carbocycles. The van der Waals surface area contributed by atoms with Crippen LogP contribution in [-0.4, -0.2) is 30.1 Å². The average molecular weight is 289 g/mol. The van der Waals surface area contributed by atoms with E-state index >= 15 is 0 Å². The smallest absolute Gasteiger partial charge is 0.101 e. The molecule has 1 aromatic rings. The SMILES string of the molecule is CCNCc1ccc(N2CCSC(C)(C)C2)c(C#N)c1. The number of nitrogens with one attached hydrogen (secondary N) is 1. The molecular formula is C16H23N3S. The second kappa shape index (κ2) is 6.51. The fourth-order valence-corrected chi connectivity index (χ4v) is 3.66. The van der Waals surface area contributed by atoms with Crippen LogP contribution < -0.4 is 10.2 Å². The van der Waals surface area contributed by atoms with Gasteiger partial charge in [-0.3, -0.25) is 0 Å². The Morgan fingerprint density at radius 3 is 2.90 bits per heavy atom. The summed E-state index contributed by atoms with van der Waals surface area (Å²) in [5.74, 6) is 1.12. The molecule has 1 N–H and O–H groups in total. The normalized spacial score (nSPS) is 17.8. The van der Waals surface area contributed by atoms with E-state index < -0.39 is 0 Å². The number of thioether (sulfide) groups is 1. The number of anilines is 1. The summed E-state index contributed by atoms with van der Waals surface area (Å²) in [6.07, 6.45) is 0. The van der Waals surface area contributed by atoms with Crippen LogP contribution >= 0.6 is 11.8 Å². The Bertz CT molecular complexity index is 505. The number of benzene rings is 1. The summed E-state index contributed by atoms with van der Waals surface area (Å²) in [6.45, 7) is 10.4. The second-order valence-corrected chi connectivity index (χ2v) is 7.58. The first-order chi connectivity index (χ1) is 9.55. The van der Waals surface area contributed by atoms with E-state index in [1.165, 1.54) is 5.56 Å². The maximum Gasteiger partial charge on any atom is 0.101 e. The van der Waals surface area contributed by atoms with E-state index in [9.17, 15) is 5.26 Å². The zero-order valence-electron chi connectivity index (χ0n) is 12.6. The molecule has 20 heavy (non-hydrogen) atoms. The molecule has 0 aromatic heterocycles. The van der Waals surface area contributed by atoms with E-state index in [4.69, 9.17) is 0 Å². The standard InChI is InChI=1S/C16H23N3S/c1-4-18-11-13-5-6-15(14(9-13)10-17)19-7-8-20-16(2,3)12-19/h5-6,9,18H,4,7-8,11-12H2,1-3H3. The molecule has 2 rings (SSSR count). The van der Waals surface area contributed by atoms with Crippen molar-refractivity contribution in [3.8, 4) is 6.07 Å². The van der Waals surface area contributed by atoms with Crippen LogP contribution in [0.5, 0.6) is 0 Å². The highest BCUT2D eigenvalue weighted by Gasteiger charge is 2.28. The lowest BCUT2D eigenvalue weighted by Crippen LogP contribution is -2.43. The Morgan fingerprint density at radius 2 is 2.25 bits per heavy atom. The summed E-state index contributed by atoms with van der Waals surface area (Å²) in [7, 11) is 0. The van der Waals surface area contributed by atoms with Crippen LogP contribution in [0.15, 0.2) is 18.2 Å². The van der Waals surface area contributed by atoms with Crippen molar-refractivity contribution in [3.05, 3.63) is 29.3 Å². The quantitative estimate of drug-likeness (QED) is 0.925. The molecule has 0 amide bonds. The second-order valence-electron chi connectivity index (χ2n) is 5.77. The summed E-state index contributed by atoms with van der Waals surface area (Å²) in [6, 6.07) is 8.62. The molecular weight excluding hydrogens is 266 g/mol. The average Bonchev–Trinajstić information content (AvgIpc) is 2.43. The van der Waals surface area contributed by atoms with Gasteiger partial charge in [0.25, 0.3) is 0 Å². The molecule has 3 nitrogen and oxygen atoms in total. The molecule has 1 aliphatic rings. The number of rotatable bonds is 4. The Kier molecular flexibility index (Phi) is 4.95. The minimum absolute atomic E-state index is 0.257. The lowest BCUT2D eigenvalue weighted by atomic mass is 10.1. The van der Waals surface area contributed by atoms with Gasteiger partial charge in [-0.15, -0.1) is 0 Å². The van der Waals surface area contributed by atoms with Crippen molar-refractivity contribution in [2.75, 3.05) is 30.3 Å². The zero-order valence-corrected chi connectivity index (χ0v) is 13.4. The predicted octanol–water partition coefficient (Wildman–Crippen LogP) is 3.00. The van der Waals surface area contributed by atoms with Crippen LogP contribution in [0.1, 0.15) is 31.9 Å². The van der Waals surface area contributed by atoms with E-state index in [2.05, 4.69) is 49.2 Å². The van der Waals surface area contributed by atoms with Gasteiger partial charge in [0.15, 0.2) is 0 Å². The van der Waals surface area contributed by atoms with Crippen LogP contribution in [0.2, 0.25) is 0 Å². The summed E-state index contributed by atoms with van der Waals surface area (Å²) >= 11 is 2.01. The van der Waals surface area contributed by atoms with Crippen LogP contribution in [0.25, 0.3) is 0 Å². The van der Waals surface area contributed by atoms with Crippen molar-refractivity contribution < 1.29 is 0 Å². The van der Waals surface area contributed by atoms with Gasteiger partial charge < -0.3 is 10.2 Å². The molecule has 1 saturated heterocycles. The molecule has 0 atom stereocenters. The fraction of sp³-hybridized carbons (Fsp3) is 0.562. The summed E-state index contributed by atoms with van der Waals surface area (Å²) in [5.41, 5.74) is 3.06. The fourth-order valence-electron chi connectivity index (χ4n) is 2.55. The van der Waals surface area contributed by atoms with Crippen LogP contribution in [0.3, 0.4) is 0 Å². The third kappa shape index (κ3) is 3.68. The van der Waals surface area contributed by atoms with Crippen molar-refractivity contribution in [3.63, 3.8) is 0 Å². The third-order valence-electron chi connectivity index (χ3n) is 3.53. The van der Waals surface area contributed by atoms with Crippen LogP contribution in [0.4, 0.5) is 5.69 Å². The van der Waals surface area contributed by atoms with Crippen molar-refractivity contribution in [1.82, 2.24) is 5.32 Å². The van der Waals surface area contributed by atoms with Crippen LogP contribution in [0, 0.1) is 11.3 Å². The van der Waals surface area contributed by atoms with Crippen molar-refractivity contribution in [2.24, 2.45) is 0 Å². The Balaban J connectivity index is 2.21. The first-order valence-electron chi connectivity index (χ1n) is 7.18. The predicted molar refractivity (Wildman–Crippen MR) is 87.3 cm³/mol. The van der Waals surface area contributed by atoms with E-state index in [0.29, 0.717) is 0 Å². The van der Waals surface area contributed by atoms with Crippen molar-refractivity contribution in [2.45, 2.75) is 32.1 Å². The molecule has 0 aliphatic carbocycles. The summed E-state index contributed by atoms with van der Waals surface area (Å²) < 4.78 is 0.257. The largest absolute Gasteiger partial charge is 0.368 e. The van der Waals surface area contributed by atoms with Gasteiger partial charge in [-0.1, -0.05) is 13.0 Å². The molecule has 1 heterocycles. The Hall–Kier alpha value is -1.18. The highest BCUT2D eigenvalue weighted by Crippen LogP contribution is 2.33. The zero-order chi connectivity index (χ0) is 14.6. The summed E-state index contributed by atoms with van der Waals surface area (Å²) in [5, 5.41) is 12.7. The van der Waals surface area contributed by atoms with E-state index in [1.54, 1.807) is 0 Å². The molecule has 0 spiro atoms. The number of nitrogens with zero attached hydrogens (tertiary/aromatic N) is 2. The van der Waals surface area contributed by atoms with Gasteiger partial charge in [0.1, 0.15) is 6.07 Å². The molecule has 4 heteroatoms. The lowest BCUT2D eigenvalue weighted by molar-refractivity contribution is 0.647. The van der Waals surface area contributed by atoms with Gasteiger partial charge in [0, 0.05) is 30.1 Å². The van der Waals surface area contributed by atoms with Crippen molar-refractivity contribution >= 4 is 17.4 Å². The molecule has 1 aliphatic heterocycles.